The molecule has 1 aliphatic heterocycles. The van der Waals surface area contributed by atoms with E-state index >= 15 is 0 Å². The second kappa shape index (κ2) is 4.61. The molecule has 1 aliphatic rings. The van der Waals surface area contributed by atoms with E-state index in [1.165, 1.54) is 12.4 Å². The number of hydrogen-bond acceptors (Lipinski definition) is 5. The van der Waals surface area contributed by atoms with Gasteiger partial charge in [-0.25, -0.2) is 14.8 Å². The number of carbonyl (C=O) groups excluding carboxylic acids is 1. The highest BCUT2D eigenvalue weighted by Crippen LogP contribution is 2.33. The molecule has 0 saturated heterocycles. The summed E-state index contributed by atoms with van der Waals surface area (Å²) in [5.41, 5.74) is 1.35. The first-order valence-corrected chi connectivity index (χ1v) is 5.87. The molecular weight excluding hydrogens is 260 g/mol. The number of carbonyl (C=O) groups is 2. The van der Waals surface area contributed by atoms with Crippen molar-refractivity contribution in [3.05, 3.63) is 42.4 Å². The van der Waals surface area contributed by atoms with Gasteiger partial charge in [0, 0.05) is 0 Å². The number of aromatic carboxylic acids is 1. The van der Waals surface area contributed by atoms with Crippen LogP contribution in [0.25, 0.3) is 0 Å². The van der Waals surface area contributed by atoms with E-state index in [1.54, 1.807) is 11.0 Å². The van der Waals surface area contributed by atoms with Crippen molar-refractivity contribution in [3.8, 4) is 0 Å². The average molecular weight is 270 g/mol. The van der Waals surface area contributed by atoms with Crippen LogP contribution in [-0.2, 0) is 4.79 Å². The molecule has 2 aromatic rings. The summed E-state index contributed by atoms with van der Waals surface area (Å²) in [6.45, 7) is 0.109. The lowest BCUT2D eigenvalue weighted by atomic mass is 10.2. The van der Waals surface area contributed by atoms with E-state index < -0.39 is 5.97 Å². The lowest BCUT2D eigenvalue weighted by Gasteiger charge is -2.29. The molecule has 7 nitrogen and oxygen atoms in total. The third kappa shape index (κ3) is 2.05. The molecule has 0 spiro atoms. The van der Waals surface area contributed by atoms with E-state index in [2.05, 4.69) is 15.3 Å². The third-order valence-corrected chi connectivity index (χ3v) is 2.90. The molecule has 1 aromatic heterocycles. The van der Waals surface area contributed by atoms with Crippen LogP contribution in [0, 0.1) is 0 Å². The number of benzene rings is 1. The Morgan fingerprint density at radius 2 is 2.05 bits per heavy atom. The van der Waals surface area contributed by atoms with Crippen LogP contribution in [0.4, 0.5) is 17.2 Å². The summed E-state index contributed by atoms with van der Waals surface area (Å²) in [4.78, 5) is 32.0. The molecular formula is C13H10N4O3. The molecule has 0 aliphatic carbocycles. The minimum atomic E-state index is -1.14. The predicted octanol–water partition coefficient (Wildman–Crippen LogP) is 1.26. The fraction of sp³-hybridized carbons (Fsp3) is 0.0769. The fourth-order valence-corrected chi connectivity index (χ4v) is 2.01. The molecule has 0 saturated carbocycles. The summed E-state index contributed by atoms with van der Waals surface area (Å²) >= 11 is 0. The van der Waals surface area contributed by atoms with Crippen molar-refractivity contribution in [2.45, 2.75) is 0 Å². The molecule has 0 atom stereocenters. The predicted molar refractivity (Wildman–Crippen MR) is 71.1 cm³/mol. The number of carboxylic acid groups (broad SMARTS) is 1. The smallest absolute Gasteiger partial charge is 0.356 e. The van der Waals surface area contributed by atoms with Gasteiger partial charge in [-0.15, -0.1) is 0 Å². The monoisotopic (exact) mass is 270 g/mol. The third-order valence-electron chi connectivity index (χ3n) is 2.90. The minimum Gasteiger partial charge on any atom is -0.476 e. The summed E-state index contributed by atoms with van der Waals surface area (Å²) in [7, 11) is 0. The molecule has 1 aromatic carbocycles. The molecule has 0 fully saturated rings. The highest BCUT2D eigenvalue weighted by molar-refractivity contribution is 6.02. The maximum atomic E-state index is 11.7. The van der Waals surface area contributed by atoms with E-state index in [9.17, 15) is 9.59 Å². The van der Waals surface area contributed by atoms with Gasteiger partial charge in [-0.05, 0) is 12.1 Å². The summed E-state index contributed by atoms with van der Waals surface area (Å²) in [5.74, 6) is -0.869. The molecule has 7 heteroatoms. The highest BCUT2D eigenvalue weighted by Gasteiger charge is 2.23. The Morgan fingerprint density at radius 1 is 1.25 bits per heavy atom. The summed E-state index contributed by atoms with van der Waals surface area (Å²) < 4.78 is 0. The second-order valence-electron chi connectivity index (χ2n) is 4.22. The van der Waals surface area contributed by atoms with Crippen molar-refractivity contribution >= 4 is 29.1 Å². The first-order chi connectivity index (χ1) is 9.65. The fourth-order valence-electron chi connectivity index (χ4n) is 2.01. The van der Waals surface area contributed by atoms with Crippen LogP contribution in [0.3, 0.4) is 0 Å². The summed E-state index contributed by atoms with van der Waals surface area (Å²) in [5, 5.41) is 11.6. The van der Waals surface area contributed by atoms with Crippen LogP contribution < -0.4 is 10.2 Å². The van der Waals surface area contributed by atoms with Crippen LogP contribution >= 0.6 is 0 Å². The van der Waals surface area contributed by atoms with Crippen molar-refractivity contribution in [2.75, 3.05) is 16.8 Å². The quantitative estimate of drug-likeness (QED) is 0.853. The number of nitrogens with zero attached hydrogens (tertiary/aromatic N) is 3. The van der Waals surface area contributed by atoms with Crippen LogP contribution in [-0.4, -0.2) is 33.5 Å². The number of nitrogens with one attached hydrogen (secondary N) is 1. The Kier molecular flexibility index (Phi) is 2.79. The largest absolute Gasteiger partial charge is 0.476 e. The Morgan fingerprint density at radius 3 is 2.75 bits per heavy atom. The van der Waals surface area contributed by atoms with Crippen molar-refractivity contribution in [2.24, 2.45) is 0 Å². The second-order valence-corrected chi connectivity index (χ2v) is 4.22. The zero-order valence-electron chi connectivity index (χ0n) is 10.3. The molecule has 0 bridgehead atoms. The van der Waals surface area contributed by atoms with E-state index in [-0.39, 0.29) is 18.1 Å². The number of rotatable bonds is 2. The maximum Gasteiger partial charge on any atom is 0.356 e. The zero-order chi connectivity index (χ0) is 14.1. The van der Waals surface area contributed by atoms with Gasteiger partial charge in [-0.3, -0.25) is 4.79 Å². The van der Waals surface area contributed by atoms with E-state index in [4.69, 9.17) is 5.11 Å². The Labute approximate surface area is 113 Å². The van der Waals surface area contributed by atoms with Gasteiger partial charge in [0.25, 0.3) is 0 Å². The van der Waals surface area contributed by atoms with Gasteiger partial charge in [-0.2, -0.15) is 0 Å². The number of carboxylic acids is 1. The van der Waals surface area contributed by atoms with Crippen LogP contribution in [0.2, 0.25) is 0 Å². The van der Waals surface area contributed by atoms with Gasteiger partial charge in [0.2, 0.25) is 5.91 Å². The van der Waals surface area contributed by atoms with Crippen molar-refractivity contribution in [1.82, 2.24) is 9.97 Å². The lowest BCUT2D eigenvalue weighted by Crippen LogP contribution is -2.35. The SMILES string of the molecule is O=C1CN(c2cnc(C(=O)O)cn2)c2ccccc2N1. The molecule has 1 amide bonds. The number of aromatic nitrogens is 2. The number of para-hydroxylation sites is 2. The Balaban J connectivity index is 2.01. The summed E-state index contributed by atoms with van der Waals surface area (Å²) in [6.07, 6.45) is 2.52. The standard InChI is InChI=1S/C13H10N4O3/c18-12-7-17(10-4-2-1-3-8(10)16-12)11-6-14-9(5-15-11)13(19)20/h1-6H,7H2,(H,16,18)(H,19,20). The topological polar surface area (TPSA) is 95.4 Å². The van der Waals surface area contributed by atoms with Crippen molar-refractivity contribution in [3.63, 3.8) is 0 Å². The Hall–Kier alpha value is -2.96. The molecule has 0 unspecified atom stereocenters. The van der Waals surface area contributed by atoms with Crippen LogP contribution in [0.5, 0.6) is 0 Å². The average Bonchev–Trinajstić information content (AvgIpc) is 2.46. The number of hydrogen-bond donors (Lipinski definition) is 2. The minimum absolute atomic E-state index is 0.109. The summed E-state index contributed by atoms with van der Waals surface area (Å²) in [6, 6.07) is 7.31. The first-order valence-electron chi connectivity index (χ1n) is 5.87. The molecule has 0 radical (unpaired) electrons. The first kappa shape index (κ1) is 12.1. The van der Waals surface area contributed by atoms with Crippen molar-refractivity contribution < 1.29 is 14.7 Å². The Bertz CT molecular complexity index is 684. The van der Waals surface area contributed by atoms with Gasteiger partial charge in [0.05, 0.1) is 23.8 Å². The molecule has 20 heavy (non-hydrogen) atoms. The molecule has 3 rings (SSSR count). The van der Waals surface area contributed by atoms with E-state index in [1.807, 2.05) is 18.2 Å². The van der Waals surface area contributed by atoms with Crippen LogP contribution in [0.1, 0.15) is 10.5 Å². The van der Waals surface area contributed by atoms with E-state index in [0.717, 1.165) is 5.69 Å². The number of anilines is 3. The van der Waals surface area contributed by atoms with Gasteiger partial charge >= 0.3 is 5.97 Å². The lowest BCUT2D eigenvalue weighted by molar-refractivity contribution is -0.115. The molecule has 2 N–H and O–H groups in total. The number of amides is 1. The molecule has 100 valence electrons. The van der Waals surface area contributed by atoms with Gasteiger partial charge in [-0.1, -0.05) is 12.1 Å². The van der Waals surface area contributed by atoms with Crippen LogP contribution in [0.15, 0.2) is 36.7 Å². The zero-order valence-corrected chi connectivity index (χ0v) is 10.3. The van der Waals surface area contributed by atoms with Gasteiger partial charge < -0.3 is 15.3 Å². The highest BCUT2D eigenvalue weighted by atomic mass is 16.4. The normalized spacial score (nSPS) is 13.6. The van der Waals surface area contributed by atoms with Crippen molar-refractivity contribution in [1.29, 1.82) is 0 Å². The molecule has 2 heterocycles. The number of fused-ring (bicyclic) bond motifs is 1. The van der Waals surface area contributed by atoms with Gasteiger partial charge in [0.15, 0.2) is 11.5 Å². The maximum absolute atomic E-state index is 11.7. The van der Waals surface area contributed by atoms with E-state index in [0.29, 0.717) is 11.5 Å². The van der Waals surface area contributed by atoms with Gasteiger partial charge in [0.1, 0.15) is 6.54 Å².